The van der Waals surface area contributed by atoms with Crippen LogP contribution in [0, 0.1) is 0 Å². The van der Waals surface area contributed by atoms with E-state index in [-0.39, 0.29) is 31.2 Å². The number of carbonyl (C=O) groups excluding carboxylic acids is 4. The molecule has 2 aliphatic rings. The number of anilines is 1. The van der Waals surface area contributed by atoms with Gasteiger partial charge in [0.05, 0.1) is 18.9 Å². The van der Waals surface area contributed by atoms with Crippen LogP contribution >= 0.6 is 0 Å². The summed E-state index contributed by atoms with van der Waals surface area (Å²) in [5.41, 5.74) is 2.76. The molecule has 2 saturated heterocycles. The maximum atomic E-state index is 14.6. The van der Waals surface area contributed by atoms with Crippen molar-refractivity contribution in [2.45, 2.75) is 44.6 Å². The number of fused-ring (bicyclic) bond motifs is 1. The average molecular weight is 573 g/mol. The van der Waals surface area contributed by atoms with Gasteiger partial charge in [0.2, 0.25) is 11.8 Å². The van der Waals surface area contributed by atoms with Crippen molar-refractivity contribution in [3.05, 3.63) is 60.7 Å². The van der Waals surface area contributed by atoms with E-state index < -0.39 is 30.1 Å². The summed E-state index contributed by atoms with van der Waals surface area (Å²) in [4.78, 5) is 54.9. The highest BCUT2D eigenvalue weighted by atomic mass is 19.1. The molecule has 42 heavy (non-hydrogen) atoms. The number of aromatic nitrogens is 5. The van der Waals surface area contributed by atoms with E-state index >= 15 is 0 Å². The first kappa shape index (κ1) is 27.2. The number of hydrogen-bond donors (Lipinski definition) is 1. The minimum Gasteiger partial charge on any atom is -0.342 e. The minimum absolute atomic E-state index is 0.156. The molecule has 1 aromatic carbocycles. The van der Waals surface area contributed by atoms with Crippen LogP contribution in [0.15, 0.2) is 55.1 Å². The van der Waals surface area contributed by atoms with E-state index in [1.165, 1.54) is 16.7 Å². The summed E-state index contributed by atoms with van der Waals surface area (Å²) in [6.07, 6.45) is 5.38. The number of nitrogens with zero attached hydrogens (tertiary/aromatic N) is 7. The molecule has 5 heterocycles. The molecule has 0 saturated carbocycles. The Morgan fingerprint density at radius 3 is 2.67 bits per heavy atom. The zero-order chi connectivity index (χ0) is 29.5. The van der Waals surface area contributed by atoms with Crippen LogP contribution in [0.1, 0.15) is 30.1 Å². The van der Waals surface area contributed by atoms with Crippen molar-refractivity contribution in [3.63, 3.8) is 0 Å². The van der Waals surface area contributed by atoms with Crippen molar-refractivity contribution in [1.29, 1.82) is 0 Å². The summed E-state index contributed by atoms with van der Waals surface area (Å²) >= 11 is 0. The molecule has 0 spiro atoms. The Morgan fingerprint density at radius 2 is 1.95 bits per heavy atom. The second kappa shape index (κ2) is 10.8. The van der Waals surface area contributed by atoms with Gasteiger partial charge in [-0.05, 0) is 37.1 Å². The molecule has 12 nitrogen and oxygen atoms in total. The van der Waals surface area contributed by atoms with Crippen LogP contribution in [0.2, 0.25) is 0 Å². The minimum atomic E-state index is -1.38. The SMILES string of the molecule is CC(=O)c1cn(CC(=O)N2CC(F)CC2C(=O)NC2CCN(c3ccn(C)n3)C2=O)c2ccc(-c3ccnnc3)cc12. The standard InChI is InChI=1S/C29H29FN8O4/c1-17(39)22-15-36(24-4-3-18(11-21(22)24)19-5-8-31-32-13-19)16-27(40)38-14-20(30)12-25(38)28(41)33-23-6-10-37(29(23)42)26-7-9-35(2)34-26/h3-5,7-9,11,13,15,20,23,25H,6,10,12,14,16H2,1-2H3,(H,33,41). The molecule has 1 N–H and O–H groups in total. The van der Waals surface area contributed by atoms with Crippen molar-refractivity contribution in [2.75, 3.05) is 18.0 Å². The number of nitrogens with one attached hydrogen (secondary N) is 1. The number of alkyl halides is 1. The normalized spacial score (nSPS) is 20.5. The predicted octanol–water partition coefficient (Wildman–Crippen LogP) is 1.90. The highest BCUT2D eigenvalue weighted by Crippen LogP contribution is 2.29. The highest BCUT2D eigenvalue weighted by molar-refractivity contribution is 6.08. The third-order valence-electron chi connectivity index (χ3n) is 7.85. The second-order valence-electron chi connectivity index (χ2n) is 10.7. The molecule has 3 aromatic heterocycles. The van der Waals surface area contributed by atoms with Gasteiger partial charge in [0.15, 0.2) is 11.6 Å². The lowest BCUT2D eigenvalue weighted by Gasteiger charge is -2.25. The van der Waals surface area contributed by atoms with Crippen LogP contribution in [0.3, 0.4) is 0 Å². The number of ketones is 1. The van der Waals surface area contributed by atoms with Gasteiger partial charge in [-0.25, -0.2) is 4.39 Å². The molecule has 216 valence electrons. The number of halogens is 1. The molecule has 0 bridgehead atoms. The molecule has 13 heteroatoms. The third-order valence-corrected chi connectivity index (χ3v) is 7.85. The summed E-state index contributed by atoms with van der Waals surface area (Å²) in [5.74, 6) is -1.000. The van der Waals surface area contributed by atoms with Crippen molar-refractivity contribution in [1.82, 2.24) is 34.8 Å². The lowest BCUT2D eigenvalue weighted by atomic mass is 10.0. The lowest BCUT2D eigenvalue weighted by Crippen LogP contribution is -2.51. The fraction of sp³-hybridized carbons (Fsp3) is 0.345. The van der Waals surface area contributed by atoms with Crippen molar-refractivity contribution in [2.24, 2.45) is 7.05 Å². The molecular weight excluding hydrogens is 543 g/mol. The Morgan fingerprint density at radius 1 is 1.12 bits per heavy atom. The molecule has 3 atom stereocenters. The molecule has 6 rings (SSSR count). The average Bonchev–Trinajstić information content (AvgIpc) is 3.75. The van der Waals surface area contributed by atoms with Gasteiger partial charge < -0.3 is 14.8 Å². The van der Waals surface area contributed by atoms with Gasteiger partial charge in [-0.1, -0.05) is 6.07 Å². The Labute approximate surface area is 240 Å². The van der Waals surface area contributed by atoms with Gasteiger partial charge in [-0.3, -0.25) is 28.8 Å². The molecule has 2 aliphatic heterocycles. The van der Waals surface area contributed by atoms with Gasteiger partial charge in [0.25, 0.3) is 5.91 Å². The first-order valence-corrected chi connectivity index (χ1v) is 13.7. The molecule has 2 fully saturated rings. The molecule has 3 amide bonds. The highest BCUT2D eigenvalue weighted by Gasteiger charge is 2.42. The smallest absolute Gasteiger partial charge is 0.250 e. The molecule has 0 aliphatic carbocycles. The topological polar surface area (TPSA) is 135 Å². The number of benzene rings is 1. The maximum Gasteiger partial charge on any atom is 0.250 e. The first-order valence-electron chi connectivity index (χ1n) is 13.7. The quantitative estimate of drug-likeness (QED) is 0.334. The zero-order valence-electron chi connectivity index (χ0n) is 23.1. The lowest BCUT2D eigenvalue weighted by molar-refractivity contribution is -0.139. The van der Waals surface area contributed by atoms with E-state index in [1.807, 2.05) is 24.3 Å². The van der Waals surface area contributed by atoms with Crippen LogP contribution in [0.5, 0.6) is 0 Å². The first-order chi connectivity index (χ1) is 20.2. The fourth-order valence-corrected chi connectivity index (χ4v) is 5.75. The van der Waals surface area contributed by atoms with Crippen LogP contribution in [-0.4, -0.2) is 84.3 Å². The van der Waals surface area contributed by atoms with Gasteiger partial charge in [-0.15, -0.1) is 0 Å². The van der Waals surface area contributed by atoms with Crippen LogP contribution in [0.25, 0.3) is 22.0 Å². The van der Waals surface area contributed by atoms with E-state index in [0.29, 0.717) is 35.2 Å². The summed E-state index contributed by atoms with van der Waals surface area (Å²) < 4.78 is 17.8. The number of Topliss-reactive ketones (excluding diaryl/α,β-unsaturated/α-hetero) is 1. The second-order valence-corrected chi connectivity index (χ2v) is 10.7. The summed E-state index contributed by atoms with van der Waals surface area (Å²) in [7, 11) is 1.75. The molecule has 0 radical (unpaired) electrons. The number of rotatable bonds is 7. The maximum absolute atomic E-state index is 14.6. The summed E-state index contributed by atoms with van der Waals surface area (Å²) in [5, 5.41) is 15.4. The van der Waals surface area contributed by atoms with Gasteiger partial charge >= 0.3 is 0 Å². The monoisotopic (exact) mass is 572 g/mol. The zero-order valence-corrected chi connectivity index (χ0v) is 23.1. The Balaban J connectivity index is 1.19. The summed E-state index contributed by atoms with van der Waals surface area (Å²) in [6.45, 7) is 1.42. The Bertz CT molecular complexity index is 1700. The molecular formula is C29H29FN8O4. The number of hydrogen-bond acceptors (Lipinski definition) is 7. The number of likely N-dealkylation sites (tertiary alicyclic amines) is 1. The third kappa shape index (κ3) is 5.01. The largest absolute Gasteiger partial charge is 0.342 e. The van der Waals surface area contributed by atoms with Gasteiger partial charge in [0, 0.05) is 60.5 Å². The van der Waals surface area contributed by atoms with Crippen molar-refractivity contribution >= 4 is 40.2 Å². The van der Waals surface area contributed by atoms with E-state index in [1.54, 1.807) is 47.2 Å². The fourth-order valence-electron chi connectivity index (χ4n) is 5.75. The van der Waals surface area contributed by atoms with Crippen LogP contribution in [-0.2, 0) is 28.0 Å². The van der Waals surface area contributed by atoms with Gasteiger partial charge in [-0.2, -0.15) is 15.3 Å². The number of amides is 3. The predicted molar refractivity (Wildman–Crippen MR) is 150 cm³/mol. The molecule has 4 aromatic rings. The van der Waals surface area contributed by atoms with Gasteiger partial charge in [0.1, 0.15) is 24.8 Å². The van der Waals surface area contributed by atoms with Crippen molar-refractivity contribution in [3.8, 4) is 11.1 Å². The Kier molecular flexibility index (Phi) is 7.01. The van der Waals surface area contributed by atoms with E-state index in [0.717, 1.165) is 11.1 Å². The van der Waals surface area contributed by atoms with E-state index in [2.05, 4.69) is 20.6 Å². The summed E-state index contributed by atoms with van der Waals surface area (Å²) in [6, 6.07) is 7.23. The van der Waals surface area contributed by atoms with Crippen LogP contribution < -0.4 is 10.2 Å². The van der Waals surface area contributed by atoms with Crippen LogP contribution in [0.4, 0.5) is 10.2 Å². The number of carbonyl (C=O) groups is 4. The number of aryl methyl sites for hydroxylation is 1. The molecule has 3 unspecified atom stereocenters. The van der Waals surface area contributed by atoms with E-state index in [9.17, 15) is 23.6 Å². The van der Waals surface area contributed by atoms with E-state index in [4.69, 9.17) is 0 Å². The Hall–Kier alpha value is -4.94. The van der Waals surface area contributed by atoms with Crippen molar-refractivity contribution < 1.29 is 23.6 Å².